The third-order valence-corrected chi connectivity index (χ3v) is 3.98. The molecule has 0 spiro atoms. The third-order valence-electron chi connectivity index (χ3n) is 3.98. The second-order valence-electron chi connectivity index (χ2n) is 6.43. The zero-order chi connectivity index (χ0) is 15.9. The van der Waals surface area contributed by atoms with E-state index in [0.29, 0.717) is 12.6 Å². The molecule has 1 saturated carbocycles. The van der Waals surface area contributed by atoms with Crippen LogP contribution in [0.15, 0.2) is 29.3 Å². The molecule has 0 N–H and O–H groups in total. The van der Waals surface area contributed by atoms with Crippen LogP contribution in [0.5, 0.6) is 5.75 Å². The minimum Gasteiger partial charge on any atom is -0.490 e. The van der Waals surface area contributed by atoms with Gasteiger partial charge in [0.25, 0.3) is 0 Å². The van der Waals surface area contributed by atoms with E-state index in [2.05, 4.69) is 29.3 Å². The van der Waals surface area contributed by atoms with Gasteiger partial charge < -0.3 is 14.5 Å². The van der Waals surface area contributed by atoms with Crippen molar-refractivity contribution in [2.24, 2.45) is 4.99 Å². The fourth-order valence-corrected chi connectivity index (χ4v) is 2.89. The van der Waals surface area contributed by atoms with E-state index in [0.717, 1.165) is 11.7 Å². The van der Waals surface area contributed by atoms with Gasteiger partial charge in [-0.3, -0.25) is 0 Å². The van der Waals surface area contributed by atoms with Crippen molar-refractivity contribution in [1.82, 2.24) is 9.80 Å². The van der Waals surface area contributed by atoms with Crippen LogP contribution in [-0.4, -0.2) is 50.1 Å². The Morgan fingerprint density at radius 2 is 1.57 bits per heavy atom. The summed E-state index contributed by atoms with van der Waals surface area (Å²) in [6, 6.07) is 8.38. The van der Waals surface area contributed by atoms with Gasteiger partial charge in [0.1, 0.15) is 5.75 Å². The van der Waals surface area contributed by atoms with Crippen LogP contribution in [0.4, 0.5) is 0 Å². The molecule has 0 heterocycles. The Hall–Kier alpha value is -0.980. The predicted octanol–water partition coefficient (Wildman–Crippen LogP) is 4.00. The maximum Gasteiger partial charge on any atom is 0.195 e. The number of ether oxygens (including phenoxy) is 1. The summed E-state index contributed by atoms with van der Waals surface area (Å²) in [6.07, 6.45) is 6.76. The minimum atomic E-state index is 0. The summed E-state index contributed by atoms with van der Waals surface area (Å²) in [5.41, 5.74) is 1.21. The van der Waals surface area contributed by atoms with Crippen LogP contribution < -0.4 is 4.74 Å². The molecule has 1 aliphatic rings. The van der Waals surface area contributed by atoms with E-state index in [9.17, 15) is 0 Å². The highest BCUT2D eigenvalue weighted by Crippen LogP contribution is 2.23. The molecule has 0 saturated heterocycles. The van der Waals surface area contributed by atoms with Crippen molar-refractivity contribution in [2.75, 3.05) is 28.2 Å². The molecule has 1 aliphatic carbocycles. The van der Waals surface area contributed by atoms with E-state index >= 15 is 0 Å². The molecule has 23 heavy (non-hydrogen) atoms. The van der Waals surface area contributed by atoms with Crippen LogP contribution in [-0.2, 0) is 6.54 Å². The lowest BCUT2D eigenvalue weighted by Crippen LogP contribution is -2.35. The van der Waals surface area contributed by atoms with Crippen molar-refractivity contribution in [3.8, 4) is 5.75 Å². The topological polar surface area (TPSA) is 28.1 Å². The van der Waals surface area contributed by atoms with Gasteiger partial charge in [-0.05, 0) is 43.4 Å². The fraction of sp³-hybridized carbons (Fsp3) is 0.611. The van der Waals surface area contributed by atoms with Gasteiger partial charge in [-0.2, -0.15) is 0 Å². The number of hydrogen-bond donors (Lipinski definition) is 0. The highest BCUT2D eigenvalue weighted by atomic mass is 127. The number of aliphatic imine (C=N–C) groups is 1. The van der Waals surface area contributed by atoms with Crippen molar-refractivity contribution in [1.29, 1.82) is 0 Å². The number of halogens is 1. The quantitative estimate of drug-likeness (QED) is 0.410. The van der Waals surface area contributed by atoms with E-state index in [-0.39, 0.29) is 24.0 Å². The zero-order valence-corrected chi connectivity index (χ0v) is 17.1. The van der Waals surface area contributed by atoms with E-state index < -0.39 is 0 Å². The Morgan fingerprint density at radius 1 is 1.00 bits per heavy atom. The van der Waals surface area contributed by atoms with Gasteiger partial charge in [-0.1, -0.05) is 18.6 Å². The normalized spacial score (nSPS) is 14.6. The van der Waals surface area contributed by atoms with E-state index in [4.69, 9.17) is 4.74 Å². The first-order valence-electron chi connectivity index (χ1n) is 8.21. The Kier molecular flexibility index (Phi) is 8.73. The first kappa shape index (κ1) is 20.1. The summed E-state index contributed by atoms with van der Waals surface area (Å²) in [5, 5.41) is 0. The third kappa shape index (κ3) is 6.57. The molecule has 1 aromatic carbocycles. The predicted molar refractivity (Wildman–Crippen MR) is 108 cm³/mol. The first-order valence-corrected chi connectivity index (χ1v) is 8.21. The maximum atomic E-state index is 6.06. The lowest BCUT2D eigenvalue weighted by Gasteiger charge is -2.23. The standard InChI is InChI=1S/C18H29N3O.HI/c1-20(2)18(21(3)4)19-14-15-10-12-17(13-11-15)22-16-8-6-5-7-9-16;/h10-13,16H,5-9,14H2,1-4H3;1H. The van der Waals surface area contributed by atoms with Crippen molar-refractivity contribution in [2.45, 2.75) is 44.8 Å². The number of guanidine groups is 1. The fourth-order valence-electron chi connectivity index (χ4n) is 2.89. The average molecular weight is 431 g/mol. The van der Waals surface area contributed by atoms with Crippen molar-refractivity contribution in [3.63, 3.8) is 0 Å². The van der Waals surface area contributed by atoms with Gasteiger partial charge in [-0.15, -0.1) is 24.0 Å². The molecule has 0 atom stereocenters. The van der Waals surface area contributed by atoms with E-state index in [1.54, 1.807) is 0 Å². The number of hydrogen-bond acceptors (Lipinski definition) is 2. The van der Waals surface area contributed by atoms with Gasteiger partial charge >= 0.3 is 0 Å². The van der Waals surface area contributed by atoms with Crippen molar-refractivity contribution in [3.05, 3.63) is 29.8 Å². The first-order chi connectivity index (χ1) is 10.6. The summed E-state index contributed by atoms with van der Waals surface area (Å²) >= 11 is 0. The Labute approximate surface area is 157 Å². The Morgan fingerprint density at radius 3 is 2.09 bits per heavy atom. The molecule has 5 heteroatoms. The summed E-state index contributed by atoms with van der Waals surface area (Å²) in [7, 11) is 8.06. The lowest BCUT2D eigenvalue weighted by atomic mass is 9.98. The number of nitrogens with zero attached hydrogens (tertiary/aromatic N) is 3. The lowest BCUT2D eigenvalue weighted by molar-refractivity contribution is 0.155. The van der Waals surface area contributed by atoms with Crippen LogP contribution in [0.25, 0.3) is 0 Å². The Bertz CT molecular complexity index is 470. The zero-order valence-electron chi connectivity index (χ0n) is 14.8. The molecule has 2 rings (SSSR count). The Balaban J connectivity index is 0.00000264. The van der Waals surface area contributed by atoms with Gasteiger partial charge in [0, 0.05) is 28.2 Å². The maximum absolute atomic E-state index is 6.06. The minimum absolute atomic E-state index is 0. The molecule has 0 bridgehead atoms. The summed E-state index contributed by atoms with van der Waals surface area (Å²) < 4.78 is 6.06. The second-order valence-corrected chi connectivity index (χ2v) is 6.43. The van der Waals surface area contributed by atoms with Gasteiger partial charge in [0.05, 0.1) is 12.6 Å². The van der Waals surface area contributed by atoms with E-state index in [1.807, 2.05) is 38.0 Å². The van der Waals surface area contributed by atoms with Crippen molar-refractivity contribution >= 4 is 29.9 Å². The molecule has 0 aromatic heterocycles. The van der Waals surface area contributed by atoms with Crippen molar-refractivity contribution < 1.29 is 4.74 Å². The van der Waals surface area contributed by atoms with Crippen LogP contribution in [0.2, 0.25) is 0 Å². The van der Waals surface area contributed by atoms with Crippen LogP contribution in [0.3, 0.4) is 0 Å². The van der Waals surface area contributed by atoms with Crippen LogP contribution >= 0.6 is 24.0 Å². The van der Waals surface area contributed by atoms with E-state index in [1.165, 1.54) is 37.7 Å². The smallest absolute Gasteiger partial charge is 0.195 e. The monoisotopic (exact) mass is 431 g/mol. The molecule has 1 aromatic rings. The molecule has 0 unspecified atom stereocenters. The molecule has 4 nitrogen and oxygen atoms in total. The highest BCUT2D eigenvalue weighted by Gasteiger charge is 2.14. The summed E-state index contributed by atoms with van der Waals surface area (Å²) in [4.78, 5) is 8.72. The second kappa shape index (κ2) is 10.0. The molecule has 1 fully saturated rings. The average Bonchev–Trinajstić information content (AvgIpc) is 2.49. The molecule has 0 aliphatic heterocycles. The van der Waals surface area contributed by atoms with Gasteiger partial charge in [0.15, 0.2) is 5.96 Å². The SMILES string of the molecule is CN(C)C(=NCc1ccc(OC2CCCCC2)cc1)N(C)C.I. The number of benzene rings is 1. The highest BCUT2D eigenvalue weighted by molar-refractivity contribution is 14.0. The molecule has 130 valence electrons. The molecule has 0 radical (unpaired) electrons. The summed E-state index contributed by atoms with van der Waals surface area (Å²) in [5.74, 6) is 1.96. The number of rotatable bonds is 4. The van der Waals surface area contributed by atoms with Crippen LogP contribution in [0, 0.1) is 0 Å². The molecular formula is C18H30IN3O. The van der Waals surface area contributed by atoms with Gasteiger partial charge in [0.2, 0.25) is 0 Å². The molecular weight excluding hydrogens is 401 g/mol. The molecule has 0 amide bonds. The van der Waals surface area contributed by atoms with Crippen LogP contribution in [0.1, 0.15) is 37.7 Å². The van der Waals surface area contributed by atoms with Gasteiger partial charge in [-0.25, -0.2) is 4.99 Å². The largest absolute Gasteiger partial charge is 0.490 e. The summed E-state index contributed by atoms with van der Waals surface area (Å²) in [6.45, 7) is 0.690.